The highest BCUT2D eigenvalue weighted by molar-refractivity contribution is 5.77. The molecule has 1 saturated carbocycles. The predicted octanol–water partition coefficient (Wildman–Crippen LogP) is 4.52. The summed E-state index contributed by atoms with van der Waals surface area (Å²) in [6.07, 6.45) is 15.3. The first-order valence-electron chi connectivity index (χ1n) is 12.0. The number of terminal acetylenes is 1. The third kappa shape index (κ3) is 4.65. The van der Waals surface area contributed by atoms with Gasteiger partial charge in [0.05, 0.1) is 5.56 Å². The van der Waals surface area contributed by atoms with Gasteiger partial charge in [0.2, 0.25) is 5.95 Å². The van der Waals surface area contributed by atoms with Crippen molar-refractivity contribution >= 4 is 22.7 Å². The Morgan fingerprint density at radius 3 is 2.67 bits per heavy atom. The van der Waals surface area contributed by atoms with Crippen LogP contribution in [-0.4, -0.2) is 39.6 Å². The summed E-state index contributed by atoms with van der Waals surface area (Å²) in [7, 11) is 2.21. The summed E-state index contributed by atoms with van der Waals surface area (Å²) in [5.41, 5.74) is 3.20. The van der Waals surface area contributed by atoms with Gasteiger partial charge in [-0.25, -0.2) is 4.98 Å². The molecule has 1 aromatic carbocycles. The van der Waals surface area contributed by atoms with Crippen molar-refractivity contribution in [2.75, 3.05) is 25.5 Å². The van der Waals surface area contributed by atoms with Crippen molar-refractivity contribution < 1.29 is 0 Å². The number of hydrogen-bond donors (Lipinski definition) is 1. The molecule has 2 fully saturated rings. The van der Waals surface area contributed by atoms with Crippen LogP contribution in [0.15, 0.2) is 41.3 Å². The predicted molar refractivity (Wildman–Crippen MR) is 133 cm³/mol. The smallest absolute Gasteiger partial charge is 0.268 e. The van der Waals surface area contributed by atoms with Crippen molar-refractivity contribution in [2.24, 2.45) is 5.92 Å². The van der Waals surface area contributed by atoms with Crippen molar-refractivity contribution in [3.05, 3.63) is 58.0 Å². The number of piperidine rings is 1. The van der Waals surface area contributed by atoms with E-state index < -0.39 is 0 Å². The molecule has 1 aliphatic carbocycles. The quantitative estimate of drug-likeness (QED) is 0.590. The zero-order chi connectivity index (χ0) is 22.8. The van der Waals surface area contributed by atoms with E-state index in [4.69, 9.17) is 11.4 Å². The summed E-state index contributed by atoms with van der Waals surface area (Å²) >= 11 is 0. The highest BCUT2D eigenvalue weighted by Crippen LogP contribution is 2.31. The lowest BCUT2D eigenvalue weighted by atomic mass is 9.91. The lowest BCUT2D eigenvalue weighted by Gasteiger charge is -2.29. The van der Waals surface area contributed by atoms with Crippen LogP contribution >= 0.6 is 0 Å². The molecule has 1 saturated heterocycles. The molecule has 3 aromatic rings. The minimum absolute atomic E-state index is 0.126. The standard InChI is InChI=1S/C27H31N5O/c1-3-21-16-22-17-28-27(30-25(22)32(26(21)33)24-8-4-5-9-24)29-23-12-10-19(11-13-23)15-20-7-6-14-31(2)18-20/h1,10-13,16-17,20,24H,4-9,14-15,18H2,2H3,(H,28,29,30). The molecule has 0 bridgehead atoms. The van der Waals surface area contributed by atoms with Gasteiger partial charge in [0, 0.05) is 29.9 Å². The summed E-state index contributed by atoms with van der Waals surface area (Å²) in [6, 6.07) is 10.4. The van der Waals surface area contributed by atoms with Gasteiger partial charge in [-0.3, -0.25) is 9.36 Å². The lowest BCUT2D eigenvalue weighted by molar-refractivity contribution is 0.209. The Bertz CT molecular complexity index is 1230. The maximum Gasteiger partial charge on any atom is 0.268 e. The second-order valence-corrected chi connectivity index (χ2v) is 9.58. The molecule has 170 valence electrons. The van der Waals surface area contributed by atoms with E-state index in [1.54, 1.807) is 16.8 Å². The molecule has 1 aliphatic heterocycles. The summed E-state index contributed by atoms with van der Waals surface area (Å²) < 4.78 is 1.80. The van der Waals surface area contributed by atoms with Crippen LogP contribution in [0, 0.1) is 18.3 Å². The van der Waals surface area contributed by atoms with Crippen LogP contribution in [0.3, 0.4) is 0 Å². The minimum atomic E-state index is -0.126. The molecule has 0 spiro atoms. The van der Waals surface area contributed by atoms with Crippen molar-refractivity contribution in [2.45, 2.75) is 51.0 Å². The molecule has 1 atom stereocenters. The number of aromatic nitrogens is 3. The summed E-state index contributed by atoms with van der Waals surface area (Å²) in [5, 5.41) is 4.11. The number of anilines is 2. The molecule has 2 aliphatic rings. The number of likely N-dealkylation sites (tertiary alicyclic amines) is 1. The van der Waals surface area contributed by atoms with Crippen LogP contribution < -0.4 is 10.9 Å². The number of hydrogen-bond acceptors (Lipinski definition) is 5. The third-order valence-electron chi connectivity index (χ3n) is 7.08. The Morgan fingerprint density at radius 2 is 1.94 bits per heavy atom. The molecule has 33 heavy (non-hydrogen) atoms. The Hall–Kier alpha value is -3.17. The summed E-state index contributed by atoms with van der Waals surface area (Å²) in [4.78, 5) is 24.7. The van der Waals surface area contributed by atoms with E-state index in [0.29, 0.717) is 17.2 Å². The van der Waals surface area contributed by atoms with Crippen LogP contribution in [0.4, 0.5) is 11.6 Å². The monoisotopic (exact) mass is 441 g/mol. The van der Waals surface area contributed by atoms with E-state index >= 15 is 0 Å². The van der Waals surface area contributed by atoms with Gasteiger partial charge in [0.1, 0.15) is 5.65 Å². The maximum atomic E-state index is 13.0. The molecular weight excluding hydrogens is 410 g/mol. The number of nitrogens with zero attached hydrogens (tertiary/aromatic N) is 4. The van der Waals surface area contributed by atoms with Crippen molar-refractivity contribution in [1.29, 1.82) is 0 Å². The average Bonchev–Trinajstić information content (AvgIpc) is 3.34. The zero-order valence-electron chi connectivity index (χ0n) is 19.3. The maximum absolute atomic E-state index is 13.0. The summed E-state index contributed by atoms with van der Waals surface area (Å²) in [5.74, 6) is 3.75. The van der Waals surface area contributed by atoms with E-state index in [2.05, 4.69) is 52.4 Å². The highest BCUT2D eigenvalue weighted by atomic mass is 16.1. The molecule has 2 aromatic heterocycles. The molecular formula is C27H31N5O. The highest BCUT2D eigenvalue weighted by Gasteiger charge is 2.22. The minimum Gasteiger partial charge on any atom is -0.324 e. The van der Waals surface area contributed by atoms with Crippen LogP contribution in [-0.2, 0) is 6.42 Å². The van der Waals surface area contributed by atoms with Gasteiger partial charge in [0.25, 0.3) is 5.56 Å². The van der Waals surface area contributed by atoms with Gasteiger partial charge < -0.3 is 10.2 Å². The molecule has 1 N–H and O–H groups in total. The summed E-state index contributed by atoms with van der Waals surface area (Å²) in [6.45, 7) is 2.39. The Balaban J connectivity index is 1.38. The van der Waals surface area contributed by atoms with Crippen molar-refractivity contribution in [3.8, 4) is 12.3 Å². The molecule has 5 rings (SSSR count). The number of fused-ring (bicyclic) bond motifs is 1. The number of nitrogens with one attached hydrogen (secondary N) is 1. The van der Waals surface area contributed by atoms with Crippen molar-refractivity contribution in [1.82, 2.24) is 19.4 Å². The van der Waals surface area contributed by atoms with Gasteiger partial charge in [-0.2, -0.15) is 4.98 Å². The zero-order valence-corrected chi connectivity index (χ0v) is 19.3. The molecule has 3 heterocycles. The van der Waals surface area contributed by atoms with Crippen LogP contribution in [0.25, 0.3) is 11.0 Å². The van der Waals surface area contributed by atoms with E-state index in [-0.39, 0.29) is 11.6 Å². The number of rotatable bonds is 5. The Labute approximate surface area is 195 Å². The molecule has 6 heteroatoms. The first kappa shape index (κ1) is 21.7. The second kappa shape index (κ2) is 9.36. The molecule has 6 nitrogen and oxygen atoms in total. The largest absolute Gasteiger partial charge is 0.324 e. The van der Waals surface area contributed by atoms with Gasteiger partial charge in [-0.1, -0.05) is 30.9 Å². The fraction of sp³-hybridized carbons (Fsp3) is 0.444. The Kier molecular flexibility index (Phi) is 6.15. The van der Waals surface area contributed by atoms with Crippen LogP contribution in [0.2, 0.25) is 0 Å². The van der Waals surface area contributed by atoms with E-state index in [1.807, 2.05) is 0 Å². The first-order valence-corrected chi connectivity index (χ1v) is 12.0. The normalized spacial score (nSPS) is 19.6. The van der Waals surface area contributed by atoms with E-state index in [0.717, 1.165) is 49.1 Å². The van der Waals surface area contributed by atoms with Gasteiger partial charge in [-0.05, 0) is 75.4 Å². The van der Waals surface area contributed by atoms with Gasteiger partial charge >= 0.3 is 0 Å². The topological polar surface area (TPSA) is 63.1 Å². The van der Waals surface area contributed by atoms with Crippen LogP contribution in [0.5, 0.6) is 0 Å². The van der Waals surface area contributed by atoms with Crippen molar-refractivity contribution in [3.63, 3.8) is 0 Å². The number of pyridine rings is 1. The van der Waals surface area contributed by atoms with Gasteiger partial charge in [-0.15, -0.1) is 6.42 Å². The fourth-order valence-corrected chi connectivity index (χ4v) is 5.41. The Morgan fingerprint density at radius 1 is 1.15 bits per heavy atom. The third-order valence-corrected chi connectivity index (χ3v) is 7.08. The van der Waals surface area contributed by atoms with Crippen LogP contribution in [0.1, 0.15) is 55.7 Å². The second-order valence-electron chi connectivity index (χ2n) is 9.58. The number of benzene rings is 1. The van der Waals surface area contributed by atoms with E-state index in [1.165, 1.54) is 31.5 Å². The molecule has 1 unspecified atom stereocenters. The first-order chi connectivity index (χ1) is 16.1. The van der Waals surface area contributed by atoms with Gasteiger partial charge in [0.15, 0.2) is 0 Å². The fourth-order valence-electron chi connectivity index (χ4n) is 5.41. The molecule has 0 radical (unpaired) electrons. The SMILES string of the molecule is C#Cc1cc2cnc(Nc3ccc(CC4CCCN(C)C4)cc3)nc2n(C2CCCC2)c1=O. The van der Waals surface area contributed by atoms with E-state index in [9.17, 15) is 4.79 Å². The average molecular weight is 442 g/mol. The lowest BCUT2D eigenvalue weighted by Crippen LogP contribution is -2.32. The molecule has 0 amide bonds.